The fourth-order valence-corrected chi connectivity index (χ4v) is 4.72. The van der Waals surface area contributed by atoms with Crippen LogP contribution >= 0.6 is 23.2 Å². The lowest BCUT2D eigenvalue weighted by molar-refractivity contribution is -0.140. The summed E-state index contributed by atoms with van der Waals surface area (Å²) in [5.74, 6) is 0.496. The molecule has 2 atom stereocenters. The second kappa shape index (κ2) is 9.40. The number of benzene rings is 2. The lowest BCUT2D eigenvalue weighted by Gasteiger charge is -2.35. The molecule has 0 N–H and O–H groups in total. The van der Waals surface area contributed by atoms with Crippen molar-refractivity contribution in [3.8, 4) is 0 Å². The van der Waals surface area contributed by atoms with Gasteiger partial charge in [0, 0.05) is 38.5 Å². The Morgan fingerprint density at radius 2 is 1.60 bits per heavy atom. The van der Waals surface area contributed by atoms with Crippen LogP contribution in [-0.2, 0) is 16.0 Å². The maximum atomic E-state index is 12.9. The Balaban J connectivity index is 1.22. The zero-order chi connectivity index (χ0) is 21.1. The number of hydrogen-bond donors (Lipinski definition) is 0. The highest BCUT2D eigenvalue weighted by molar-refractivity contribution is 6.42. The van der Waals surface area contributed by atoms with Crippen LogP contribution in [-0.4, -0.2) is 47.8 Å². The van der Waals surface area contributed by atoms with Gasteiger partial charge in [-0.25, -0.2) is 0 Å². The Hall–Kier alpha value is -2.04. The minimum Gasteiger partial charge on any atom is -0.339 e. The summed E-state index contributed by atoms with van der Waals surface area (Å²) in [7, 11) is 0. The largest absolute Gasteiger partial charge is 0.339 e. The molecule has 2 amide bonds. The van der Waals surface area contributed by atoms with Crippen molar-refractivity contribution in [1.29, 1.82) is 0 Å². The molecule has 1 saturated heterocycles. The number of hydrogen-bond acceptors (Lipinski definition) is 2. The van der Waals surface area contributed by atoms with Gasteiger partial charge in [-0.05, 0) is 42.4 Å². The number of halogens is 2. The van der Waals surface area contributed by atoms with E-state index in [9.17, 15) is 9.59 Å². The molecule has 1 saturated carbocycles. The molecule has 4 rings (SSSR count). The summed E-state index contributed by atoms with van der Waals surface area (Å²) in [5, 5.41) is 1.09. The van der Waals surface area contributed by atoms with Crippen molar-refractivity contribution in [2.24, 2.45) is 5.92 Å². The third-order valence-electron chi connectivity index (χ3n) is 6.13. The summed E-state index contributed by atoms with van der Waals surface area (Å²) in [6.45, 7) is 2.45. The number of carbonyl (C=O) groups excluding carboxylic acids is 2. The maximum absolute atomic E-state index is 12.9. The number of aryl methyl sites for hydroxylation is 1. The zero-order valence-corrected chi connectivity index (χ0v) is 18.4. The van der Waals surface area contributed by atoms with Gasteiger partial charge in [0.15, 0.2) is 0 Å². The standard InChI is InChI=1S/C24H26Cl2N2O2/c25-21-10-5-9-18(23(21)26)19-16-20(19)24(30)28-14-12-27(13-15-28)22(29)11-4-8-17-6-2-1-3-7-17/h1-3,5-7,9-10,19-20H,4,8,11-16H2. The van der Waals surface area contributed by atoms with Gasteiger partial charge in [-0.1, -0.05) is 65.7 Å². The molecule has 1 heterocycles. The fraction of sp³-hybridized carbons (Fsp3) is 0.417. The van der Waals surface area contributed by atoms with Crippen LogP contribution in [0.15, 0.2) is 48.5 Å². The fourth-order valence-electron chi connectivity index (χ4n) is 4.28. The van der Waals surface area contributed by atoms with E-state index in [-0.39, 0.29) is 23.7 Å². The molecule has 0 spiro atoms. The van der Waals surface area contributed by atoms with E-state index in [4.69, 9.17) is 23.2 Å². The van der Waals surface area contributed by atoms with Crippen LogP contribution in [0.2, 0.25) is 10.0 Å². The summed E-state index contributed by atoms with van der Waals surface area (Å²) < 4.78 is 0. The topological polar surface area (TPSA) is 40.6 Å². The predicted molar refractivity (Wildman–Crippen MR) is 120 cm³/mol. The maximum Gasteiger partial charge on any atom is 0.226 e. The molecule has 158 valence electrons. The van der Waals surface area contributed by atoms with Gasteiger partial charge in [0.05, 0.1) is 10.0 Å². The molecule has 1 aliphatic carbocycles. The highest BCUT2D eigenvalue weighted by atomic mass is 35.5. The van der Waals surface area contributed by atoms with Crippen LogP contribution in [0.4, 0.5) is 0 Å². The van der Waals surface area contributed by atoms with Crippen molar-refractivity contribution in [1.82, 2.24) is 9.80 Å². The summed E-state index contributed by atoms with van der Waals surface area (Å²) in [6.07, 6.45) is 3.14. The minimum atomic E-state index is -0.0194. The first kappa shape index (κ1) is 21.2. The third-order valence-corrected chi connectivity index (χ3v) is 6.97. The second-order valence-electron chi connectivity index (χ2n) is 8.14. The molecule has 2 aromatic carbocycles. The van der Waals surface area contributed by atoms with Gasteiger partial charge in [-0.15, -0.1) is 0 Å². The number of carbonyl (C=O) groups is 2. The highest BCUT2D eigenvalue weighted by Crippen LogP contribution is 2.51. The van der Waals surface area contributed by atoms with E-state index in [1.165, 1.54) is 5.56 Å². The van der Waals surface area contributed by atoms with Crippen molar-refractivity contribution >= 4 is 35.0 Å². The van der Waals surface area contributed by atoms with Gasteiger partial charge in [0.2, 0.25) is 11.8 Å². The Morgan fingerprint density at radius 1 is 0.900 bits per heavy atom. The van der Waals surface area contributed by atoms with Crippen molar-refractivity contribution in [2.45, 2.75) is 31.6 Å². The number of amides is 2. The summed E-state index contributed by atoms with van der Waals surface area (Å²) in [4.78, 5) is 29.2. The Kier molecular flexibility index (Phi) is 6.64. The van der Waals surface area contributed by atoms with Crippen LogP contribution in [0.5, 0.6) is 0 Å². The summed E-state index contributed by atoms with van der Waals surface area (Å²) in [6, 6.07) is 15.8. The Bertz CT molecular complexity index is 911. The van der Waals surface area contributed by atoms with Gasteiger partial charge in [0.25, 0.3) is 0 Å². The zero-order valence-electron chi connectivity index (χ0n) is 16.9. The first-order valence-corrected chi connectivity index (χ1v) is 11.3. The van der Waals surface area contributed by atoms with Crippen molar-refractivity contribution < 1.29 is 9.59 Å². The minimum absolute atomic E-state index is 0.0194. The van der Waals surface area contributed by atoms with E-state index in [0.29, 0.717) is 42.6 Å². The van der Waals surface area contributed by atoms with Crippen molar-refractivity contribution in [3.05, 3.63) is 69.7 Å². The van der Waals surface area contributed by atoms with E-state index in [2.05, 4.69) is 12.1 Å². The van der Waals surface area contributed by atoms with E-state index in [1.54, 1.807) is 6.07 Å². The van der Waals surface area contributed by atoms with Crippen molar-refractivity contribution in [2.75, 3.05) is 26.2 Å². The molecule has 6 heteroatoms. The van der Waals surface area contributed by atoms with Crippen LogP contribution in [0.1, 0.15) is 36.3 Å². The van der Waals surface area contributed by atoms with Gasteiger partial charge in [-0.2, -0.15) is 0 Å². The van der Waals surface area contributed by atoms with Gasteiger partial charge in [0.1, 0.15) is 0 Å². The molecule has 4 nitrogen and oxygen atoms in total. The SMILES string of the molecule is O=C(CCCc1ccccc1)N1CCN(C(=O)C2CC2c2cccc(Cl)c2Cl)CC1. The molecule has 1 aliphatic heterocycles. The van der Waals surface area contributed by atoms with E-state index in [0.717, 1.165) is 24.8 Å². The average molecular weight is 445 g/mol. The molecular weight excluding hydrogens is 419 g/mol. The summed E-state index contributed by atoms with van der Waals surface area (Å²) in [5.41, 5.74) is 2.23. The van der Waals surface area contributed by atoms with Crippen LogP contribution < -0.4 is 0 Å². The molecule has 2 aromatic rings. The van der Waals surface area contributed by atoms with E-state index < -0.39 is 0 Å². The van der Waals surface area contributed by atoms with Gasteiger partial charge >= 0.3 is 0 Å². The summed E-state index contributed by atoms with van der Waals surface area (Å²) >= 11 is 12.4. The first-order valence-electron chi connectivity index (χ1n) is 10.6. The molecule has 2 aliphatic rings. The van der Waals surface area contributed by atoms with Crippen molar-refractivity contribution in [3.63, 3.8) is 0 Å². The number of rotatable bonds is 6. The van der Waals surface area contributed by atoms with Crippen LogP contribution in [0, 0.1) is 5.92 Å². The monoisotopic (exact) mass is 444 g/mol. The van der Waals surface area contributed by atoms with Crippen LogP contribution in [0.3, 0.4) is 0 Å². The molecule has 0 radical (unpaired) electrons. The highest BCUT2D eigenvalue weighted by Gasteiger charge is 2.47. The lowest BCUT2D eigenvalue weighted by atomic mass is 10.1. The predicted octanol–water partition coefficient (Wildman–Crippen LogP) is 4.79. The second-order valence-corrected chi connectivity index (χ2v) is 8.92. The molecule has 2 unspecified atom stereocenters. The molecule has 0 bridgehead atoms. The number of nitrogens with zero attached hydrogens (tertiary/aromatic N) is 2. The van der Waals surface area contributed by atoms with E-state index in [1.807, 2.05) is 40.1 Å². The Labute approximate surface area is 187 Å². The van der Waals surface area contributed by atoms with Gasteiger partial charge in [-0.3, -0.25) is 9.59 Å². The average Bonchev–Trinajstić information content (AvgIpc) is 3.56. The molecular formula is C24H26Cl2N2O2. The quantitative estimate of drug-likeness (QED) is 0.642. The van der Waals surface area contributed by atoms with Crippen LogP contribution in [0.25, 0.3) is 0 Å². The third kappa shape index (κ3) is 4.81. The normalized spacial score (nSPS) is 20.9. The molecule has 30 heavy (non-hydrogen) atoms. The lowest BCUT2D eigenvalue weighted by Crippen LogP contribution is -2.51. The number of piperazine rings is 1. The molecule has 0 aromatic heterocycles. The molecule has 2 fully saturated rings. The smallest absolute Gasteiger partial charge is 0.226 e. The van der Waals surface area contributed by atoms with Gasteiger partial charge < -0.3 is 9.80 Å². The van der Waals surface area contributed by atoms with E-state index >= 15 is 0 Å². The first-order chi connectivity index (χ1) is 14.5. The Morgan fingerprint density at radius 3 is 2.33 bits per heavy atom.